The summed E-state index contributed by atoms with van der Waals surface area (Å²) in [5, 5.41) is 21.8. The second-order valence-corrected chi connectivity index (χ2v) is 16.3. The lowest BCUT2D eigenvalue weighted by molar-refractivity contribution is -0.248. The Balaban J connectivity index is 1.34. The van der Waals surface area contributed by atoms with Crippen molar-refractivity contribution in [3.63, 3.8) is 0 Å². The zero-order valence-corrected chi connectivity index (χ0v) is 25.5. The Bertz CT molecular complexity index is 1050. The molecule has 0 saturated heterocycles. The summed E-state index contributed by atoms with van der Waals surface area (Å²) in [4.78, 5) is 15.6. The Morgan fingerprint density at radius 3 is 2.36 bits per heavy atom. The molecule has 0 unspecified atom stereocenters. The van der Waals surface area contributed by atoms with E-state index in [1.807, 2.05) is 0 Å². The second kappa shape index (κ2) is 9.18. The van der Waals surface area contributed by atoms with Crippen LogP contribution < -0.4 is 0 Å². The first kappa shape index (κ1) is 28.0. The Morgan fingerprint density at radius 2 is 1.67 bits per heavy atom. The molecular weight excluding hydrogens is 482 g/mol. The normalized spacial score (nSPS) is 50.8. The highest BCUT2D eigenvalue weighted by Gasteiger charge is 2.72. The van der Waals surface area contributed by atoms with Crippen LogP contribution in [0.25, 0.3) is 0 Å². The fourth-order valence-electron chi connectivity index (χ4n) is 12.6. The van der Waals surface area contributed by atoms with Crippen molar-refractivity contribution in [3.05, 3.63) is 24.3 Å². The first-order chi connectivity index (χ1) is 18.3. The molecule has 4 heteroatoms. The maximum Gasteiger partial charge on any atom is 0.309 e. The topological polar surface area (TPSA) is 60.8 Å². The number of aliphatic hydroxyl groups excluding tert-OH is 1. The minimum absolute atomic E-state index is 0.0327. The smallest absolute Gasteiger partial charge is 0.309 e. The number of carbonyl (C=O) groups is 1. The lowest BCUT2D eigenvalue weighted by Crippen LogP contribution is -2.67. The fourth-order valence-corrected chi connectivity index (χ4v) is 12.6. The summed E-state index contributed by atoms with van der Waals surface area (Å²) >= 11 is 0. The molecule has 0 bridgehead atoms. The number of nitrogens with zero attached hydrogens (tertiary/aromatic N) is 1. The summed E-state index contributed by atoms with van der Waals surface area (Å²) in [6, 6.07) is 0. The second-order valence-electron chi connectivity index (χ2n) is 16.3. The zero-order chi connectivity index (χ0) is 28.0. The number of carboxylic acids is 1. The SMILES string of the molecule is C=C(CN1CC=CCC1)[C@@H]1CC[C@]2(C(=O)O)CC[C@]3(C)[C@H](CC[C@@H]4[C@@]5(C)CC[C@H](O)C(C)(C)[C@@H]5CC[C@]43C)[C@@H]12. The Labute approximate surface area is 237 Å². The quantitative estimate of drug-likeness (QED) is 0.369. The summed E-state index contributed by atoms with van der Waals surface area (Å²) in [5.74, 6) is 1.68. The molecule has 0 amide bonds. The largest absolute Gasteiger partial charge is 0.481 e. The number of hydrogen-bond donors (Lipinski definition) is 2. The van der Waals surface area contributed by atoms with E-state index in [1.54, 1.807) is 0 Å². The number of carboxylic acid groups (broad SMARTS) is 1. The summed E-state index contributed by atoms with van der Waals surface area (Å²) < 4.78 is 0. The molecule has 0 aromatic heterocycles. The number of fused-ring (bicyclic) bond motifs is 7. The molecule has 5 saturated carbocycles. The van der Waals surface area contributed by atoms with Crippen LogP contribution in [0.5, 0.6) is 0 Å². The highest BCUT2D eigenvalue weighted by molar-refractivity contribution is 5.76. The van der Waals surface area contributed by atoms with Crippen molar-refractivity contribution < 1.29 is 15.0 Å². The molecule has 39 heavy (non-hydrogen) atoms. The van der Waals surface area contributed by atoms with E-state index < -0.39 is 11.4 Å². The predicted octanol–water partition coefficient (Wildman–Crippen LogP) is 7.33. The van der Waals surface area contributed by atoms with Crippen LogP contribution >= 0.6 is 0 Å². The molecule has 0 radical (unpaired) electrons. The van der Waals surface area contributed by atoms with Gasteiger partial charge in [0.1, 0.15) is 0 Å². The lowest BCUT2D eigenvalue weighted by Gasteiger charge is -2.72. The van der Waals surface area contributed by atoms with Crippen LogP contribution in [-0.4, -0.2) is 46.8 Å². The molecule has 6 aliphatic rings. The van der Waals surface area contributed by atoms with Crippen LogP contribution in [0.1, 0.15) is 105 Å². The van der Waals surface area contributed by atoms with Crippen molar-refractivity contribution in [2.75, 3.05) is 19.6 Å². The van der Waals surface area contributed by atoms with Crippen LogP contribution in [0, 0.1) is 56.7 Å². The van der Waals surface area contributed by atoms with E-state index in [1.165, 1.54) is 24.8 Å². The Morgan fingerprint density at radius 1 is 0.897 bits per heavy atom. The van der Waals surface area contributed by atoms with Crippen LogP contribution in [0.4, 0.5) is 0 Å². The summed E-state index contributed by atoms with van der Waals surface area (Å²) in [5.41, 5.74) is 1.33. The molecule has 4 nitrogen and oxygen atoms in total. The molecule has 218 valence electrons. The molecule has 6 rings (SSSR count). The van der Waals surface area contributed by atoms with E-state index in [4.69, 9.17) is 0 Å². The van der Waals surface area contributed by atoms with Gasteiger partial charge in [-0.3, -0.25) is 9.69 Å². The zero-order valence-electron chi connectivity index (χ0n) is 25.5. The molecular formula is C35H55NO3. The average Bonchev–Trinajstić information content (AvgIpc) is 3.29. The third-order valence-electron chi connectivity index (χ3n) is 14.9. The van der Waals surface area contributed by atoms with E-state index in [2.05, 4.69) is 58.2 Å². The van der Waals surface area contributed by atoms with Gasteiger partial charge in [0.2, 0.25) is 0 Å². The molecule has 10 atom stereocenters. The fraction of sp³-hybridized carbons (Fsp3) is 0.857. The van der Waals surface area contributed by atoms with Crippen molar-refractivity contribution in [2.24, 2.45) is 56.7 Å². The maximum atomic E-state index is 13.1. The van der Waals surface area contributed by atoms with E-state index in [0.717, 1.165) is 71.0 Å². The third kappa shape index (κ3) is 3.71. The van der Waals surface area contributed by atoms with Gasteiger partial charge in [-0.1, -0.05) is 58.9 Å². The van der Waals surface area contributed by atoms with Gasteiger partial charge >= 0.3 is 5.97 Å². The summed E-state index contributed by atoms with van der Waals surface area (Å²) in [6.45, 7) is 20.1. The van der Waals surface area contributed by atoms with Gasteiger partial charge in [-0.05, 0) is 122 Å². The van der Waals surface area contributed by atoms with E-state index in [9.17, 15) is 15.0 Å². The van der Waals surface area contributed by atoms with Crippen molar-refractivity contribution >= 4 is 5.97 Å². The number of rotatable bonds is 4. The lowest BCUT2D eigenvalue weighted by atomic mass is 9.32. The van der Waals surface area contributed by atoms with E-state index in [-0.39, 0.29) is 33.7 Å². The molecule has 0 aromatic carbocycles. The standard InChI is InChI=1S/C35H55NO3/c1-23(22-36-20-8-7-9-21-36)24-12-17-35(30(38)39)19-18-33(5)25(29(24)35)10-11-27-32(4)15-14-28(37)31(2,3)26(32)13-16-34(27,33)6/h7-8,24-29,37H,1,9-22H2,2-6H3,(H,38,39)/t24-,25+,26-,27+,28-,29+,32-,33+,34+,35-/m0/s1. The molecule has 0 aromatic rings. The highest BCUT2D eigenvalue weighted by atomic mass is 16.4. The molecule has 2 N–H and O–H groups in total. The van der Waals surface area contributed by atoms with Crippen LogP contribution in [0.15, 0.2) is 24.3 Å². The highest BCUT2D eigenvalue weighted by Crippen LogP contribution is 2.77. The minimum atomic E-state index is -0.569. The molecule has 5 aliphatic carbocycles. The molecule has 1 aliphatic heterocycles. The van der Waals surface area contributed by atoms with Gasteiger partial charge < -0.3 is 10.2 Å². The van der Waals surface area contributed by atoms with Crippen LogP contribution in [0.3, 0.4) is 0 Å². The number of aliphatic carboxylic acids is 1. The Kier molecular flexibility index (Phi) is 6.60. The first-order valence-electron chi connectivity index (χ1n) is 16.3. The van der Waals surface area contributed by atoms with Gasteiger partial charge in [-0.2, -0.15) is 0 Å². The van der Waals surface area contributed by atoms with Crippen molar-refractivity contribution in [1.29, 1.82) is 0 Å². The minimum Gasteiger partial charge on any atom is -0.481 e. The predicted molar refractivity (Wildman–Crippen MR) is 157 cm³/mol. The Hall–Kier alpha value is -1.13. The maximum absolute atomic E-state index is 13.1. The van der Waals surface area contributed by atoms with Gasteiger partial charge in [-0.15, -0.1) is 0 Å². The molecule has 0 spiro atoms. The molecule has 1 heterocycles. The van der Waals surface area contributed by atoms with Gasteiger partial charge in [0.15, 0.2) is 0 Å². The third-order valence-corrected chi connectivity index (χ3v) is 14.9. The van der Waals surface area contributed by atoms with Crippen molar-refractivity contribution in [2.45, 2.75) is 111 Å². The van der Waals surface area contributed by atoms with E-state index >= 15 is 0 Å². The summed E-state index contributed by atoms with van der Waals surface area (Å²) in [7, 11) is 0. The number of aliphatic hydroxyl groups is 1. The van der Waals surface area contributed by atoms with E-state index in [0.29, 0.717) is 23.7 Å². The average molecular weight is 538 g/mol. The first-order valence-corrected chi connectivity index (χ1v) is 16.3. The van der Waals surface area contributed by atoms with Gasteiger partial charge in [0.05, 0.1) is 11.5 Å². The number of hydrogen-bond acceptors (Lipinski definition) is 3. The van der Waals surface area contributed by atoms with Crippen molar-refractivity contribution in [3.8, 4) is 0 Å². The monoisotopic (exact) mass is 537 g/mol. The summed E-state index contributed by atoms with van der Waals surface area (Å²) in [6.07, 6.45) is 16.0. The van der Waals surface area contributed by atoms with Gasteiger partial charge in [0, 0.05) is 19.6 Å². The van der Waals surface area contributed by atoms with Gasteiger partial charge in [0.25, 0.3) is 0 Å². The van der Waals surface area contributed by atoms with Crippen LogP contribution in [0.2, 0.25) is 0 Å². The van der Waals surface area contributed by atoms with Crippen molar-refractivity contribution in [1.82, 2.24) is 4.90 Å². The molecule has 5 fully saturated rings. The van der Waals surface area contributed by atoms with Gasteiger partial charge in [-0.25, -0.2) is 0 Å². The van der Waals surface area contributed by atoms with Crippen LogP contribution in [-0.2, 0) is 4.79 Å².